The molecule has 162 valence electrons. The fraction of sp³-hybridized carbons (Fsp3) is 0.174. The molecule has 6 nitrogen and oxygen atoms in total. The molecule has 1 N–H and O–H groups in total. The number of carbonyl (C=O) groups is 1. The third-order valence-electron chi connectivity index (χ3n) is 5.37. The predicted octanol–water partition coefficient (Wildman–Crippen LogP) is 5.04. The molecule has 0 radical (unpaired) electrons. The molecule has 2 aromatic carbocycles. The lowest BCUT2D eigenvalue weighted by molar-refractivity contribution is -0.116. The number of rotatable bonds is 4. The van der Waals surface area contributed by atoms with Gasteiger partial charge in [0.05, 0.1) is 28.3 Å². The molecule has 2 atom stereocenters. The van der Waals surface area contributed by atoms with Gasteiger partial charge < -0.3 is 14.6 Å². The Bertz CT molecular complexity index is 1260. The molecule has 5 rings (SSSR count). The number of para-hydroxylation sites is 1. The van der Waals surface area contributed by atoms with Gasteiger partial charge in [0.1, 0.15) is 5.75 Å². The fourth-order valence-corrected chi connectivity index (χ4v) is 6.23. The minimum absolute atomic E-state index is 0.0123. The van der Waals surface area contributed by atoms with E-state index in [9.17, 15) is 9.90 Å². The van der Waals surface area contributed by atoms with Crippen molar-refractivity contribution in [3.8, 4) is 17.1 Å². The summed E-state index contributed by atoms with van der Waals surface area (Å²) >= 11 is 6.56. The summed E-state index contributed by atoms with van der Waals surface area (Å²) in [6, 6.07) is 13.2. The Morgan fingerprint density at radius 3 is 2.88 bits per heavy atom. The third-order valence-corrected chi connectivity index (χ3v) is 8.18. The van der Waals surface area contributed by atoms with Gasteiger partial charge in [-0.3, -0.25) is 4.79 Å². The molecule has 2 heterocycles. The van der Waals surface area contributed by atoms with Crippen LogP contribution in [-0.4, -0.2) is 42.8 Å². The second kappa shape index (κ2) is 8.80. The van der Waals surface area contributed by atoms with E-state index in [2.05, 4.69) is 44.3 Å². The van der Waals surface area contributed by atoms with Crippen LogP contribution >= 0.6 is 39.5 Å². The van der Waals surface area contributed by atoms with Crippen LogP contribution in [0.15, 0.2) is 81.3 Å². The number of hydrogen-bond acceptors (Lipinski definition) is 6. The van der Waals surface area contributed by atoms with E-state index in [-0.39, 0.29) is 28.7 Å². The largest absolute Gasteiger partial charge is 0.507 e. The van der Waals surface area contributed by atoms with E-state index in [1.807, 2.05) is 42.3 Å². The Balaban J connectivity index is 1.38. The van der Waals surface area contributed by atoms with Gasteiger partial charge in [0.2, 0.25) is 5.91 Å². The average molecular weight is 527 g/mol. The van der Waals surface area contributed by atoms with Crippen LogP contribution in [0.4, 0.5) is 5.69 Å². The van der Waals surface area contributed by atoms with Crippen molar-refractivity contribution in [3.05, 3.63) is 71.2 Å². The summed E-state index contributed by atoms with van der Waals surface area (Å²) in [5.74, 6) is 0.921. The number of aromatic hydroxyl groups is 1. The number of benzene rings is 2. The number of phenolic OH excluding ortho intramolecular Hbond substituents is 1. The molecule has 2 aliphatic rings. The summed E-state index contributed by atoms with van der Waals surface area (Å²) in [6.07, 6.45) is 8.28. The molecule has 0 unspecified atom stereocenters. The maximum Gasteiger partial charge on any atom is 0.238 e. The summed E-state index contributed by atoms with van der Waals surface area (Å²) in [6.45, 7) is 0. The van der Waals surface area contributed by atoms with E-state index < -0.39 is 0 Å². The van der Waals surface area contributed by atoms with E-state index in [0.29, 0.717) is 16.5 Å². The first-order chi connectivity index (χ1) is 15.5. The van der Waals surface area contributed by atoms with Gasteiger partial charge in [0.15, 0.2) is 11.0 Å². The number of hydrogen-bond donors (Lipinski definition) is 1. The molecule has 3 aromatic rings. The Kier molecular flexibility index (Phi) is 5.88. The third kappa shape index (κ3) is 3.89. The zero-order chi connectivity index (χ0) is 22.2. The topological polar surface area (TPSA) is 71.2 Å². The molecular formula is C23H19BrN4O2S2. The van der Waals surface area contributed by atoms with Crippen LogP contribution < -0.4 is 4.90 Å². The van der Waals surface area contributed by atoms with E-state index in [1.165, 1.54) is 11.8 Å². The minimum atomic E-state index is -0.0123. The highest BCUT2D eigenvalue weighted by molar-refractivity contribution is 9.10. The lowest BCUT2D eigenvalue weighted by atomic mass is 10.0. The van der Waals surface area contributed by atoms with Crippen LogP contribution in [0.2, 0.25) is 0 Å². The Labute approximate surface area is 202 Å². The number of thioether (sulfide) groups is 2. The first kappa shape index (κ1) is 21.4. The monoisotopic (exact) mass is 526 g/mol. The normalized spacial score (nSPS) is 19.0. The SMILES string of the molecule is Cn1c(SCC(=O)N2c3ccccc3S[C@H]3C=CC=C[C@@H]32)nnc1-c1cc(Br)ccc1O. The number of nitrogens with zero attached hydrogens (tertiary/aromatic N) is 4. The quantitative estimate of drug-likeness (QED) is 0.480. The van der Waals surface area contributed by atoms with Crippen molar-refractivity contribution in [3.63, 3.8) is 0 Å². The molecule has 0 bridgehead atoms. The lowest BCUT2D eigenvalue weighted by Crippen LogP contribution is -2.48. The lowest BCUT2D eigenvalue weighted by Gasteiger charge is -2.40. The van der Waals surface area contributed by atoms with E-state index in [1.54, 1.807) is 34.5 Å². The first-order valence-electron chi connectivity index (χ1n) is 9.97. The second-order valence-corrected chi connectivity index (χ2v) is 10.5. The number of anilines is 1. The molecule has 1 aromatic heterocycles. The Morgan fingerprint density at radius 1 is 1.19 bits per heavy atom. The van der Waals surface area contributed by atoms with Crippen LogP contribution in [0.25, 0.3) is 11.4 Å². The van der Waals surface area contributed by atoms with Gasteiger partial charge in [0.25, 0.3) is 0 Å². The number of phenols is 1. The number of amides is 1. The van der Waals surface area contributed by atoms with Gasteiger partial charge in [-0.1, -0.05) is 64.1 Å². The number of fused-ring (bicyclic) bond motifs is 2. The van der Waals surface area contributed by atoms with Crippen molar-refractivity contribution in [1.82, 2.24) is 14.8 Å². The predicted molar refractivity (Wildman–Crippen MR) is 132 cm³/mol. The van der Waals surface area contributed by atoms with Crippen LogP contribution in [-0.2, 0) is 11.8 Å². The average Bonchev–Trinajstić information content (AvgIpc) is 3.17. The Hall–Kier alpha value is -2.49. The van der Waals surface area contributed by atoms with Crippen molar-refractivity contribution in [2.75, 3.05) is 10.7 Å². The molecular weight excluding hydrogens is 508 g/mol. The molecule has 1 aliphatic heterocycles. The van der Waals surface area contributed by atoms with Gasteiger partial charge in [-0.15, -0.1) is 22.0 Å². The van der Waals surface area contributed by atoms with Gasteiger partial charge in [0, 0.05) is 16.4 Å². The minimum Gasteiger partial charge on any atom is -0.507 e. The van der Waals surface area contributed by atoms with Crippen LogP contribution in [0.3, 0.4) is 0 Å². The summed E-state index contributed by atoms with van der Waals surface area (Å²) in [5.41, 5.74) is 1.53. The first-order valence-corrected chi connectivity index (χ1v) is 12.6. The molecule has 1 amide bonds. The standard InChI is InChI=1S/C23H19BrN4O2S2/c1-27-22(15-12-14(24)10-11-18(15)29)25-26-23(27)31-13-21(30)28-16-6-2-4-8-19(16)32-20-9-5-3-7-17(20)28/h2-12,16,19,29H,13H2,1H3/t16-,19-/m0/s1. The van der Waals surface area contributed by atoms with E-state index in [0.717, 1.165) is 15.1 Å². The summed E-state index contributed by atoms with van der Waals surface area (Å²) in [7, 11) is 1.83. The van der Waals surface area contributed by atoms with Crippen LogP contribution in [0.1, 0.15) is 0 Å². The van der Waals surface area contributed by atoms with Crippen LogP contribution in [0.5, 0.6) is 5.75 Å². The highest BCUT2D eigenvalue weighted by atomic mass is 79.9. The molecule has 9 heteroatoms. The van der Waals surface area contributed by atoms with Crippen molar-refractivity contribution in [1.29, 1.82) is 0 Å². The smallest absolute Gasteiger partial charge is 0.238 e. The second-order valence-electron chi connectivity index (χ2n) is 7.39. The molecule has 1 aliphatic carbocycles. The molecule has 0 saturated heterocycles. The van der Waals surface area contributed by atoms with Crippen molar-refractivity contribution in [2.45, 2.75) is 21.3 Å². The summed E-state index contributed by atoms with van der Waals surface area (Å²) < 4.78 is 2.63. The van der Waals surface area contributed by atoms with E-state index >= 15 is 0 Å². The maximum absolute atomic E-state index is 13.4. The highest BCUT2D eigenvalue weighted by Crippen LogP contribution is 2.43. The molecule has 0 fully saturated rings. The van der Waals surface area contributed by atoms with E-state index in [4.69, 9.17) is 0 Å². The number of aromatic nitrogens is 3. The fourth-order valence-electron chi connectivity index (χ4n) is 3.84. The molecule has 0 spiro atoms. The number of allylic oxidation sites excluding steroid dienone is 2. The van der Waals surface area contributed by atoms with Gasteiger partial charge in [-0.05, 0) is 30.3 Å². The van der Waals surface area contributed by atoms with Crippen LogP contribution in [0, 0.1) is 0 Å². The van der Waals surface area contributed by atoms with Gasteiger partial charge in [-0.2, -0.15) is 0 Å². The summed E-state index contributed by atoms with van der Waals surface area (Å²) in [4.78, 5) is 16.4. The van der Waals surface area contributed by atoms with Gasteiger partial charge >= 0.3 is 0 Å². The Morgan fingerprint density at radius 2 is 2.00 bits per heavy atom. The number of carbonyl (C=O) groups excluding carboxylic acids is 1. The van der Waals surface area contributed by atoms with Crippen molar-refractivity contribution >= 4 is 51.0 Å². The van der Waals surface area contributed by atoms with Gasteiger partial charge in [-0.25, -0.2) is 0 Å². The number of halogens is 1. The maximum atomic E-state index is 13.4. The van der Waals surface area contributed by atoms with Crippen molar-refractivity contribution in [2.24, 2.45) is 7.05 Å². The molecule has 32 heavy (non-hydrogen) atoms. The zero-order valence-electron chi connectivity index (χ0n) is 17.1. The highest BCUT2D eigenvalue weighted by Gasteiger charge is 2.36. The molecule has 0 saturated carbocycles. The van der Waals surface area contributed by atoms with Crippen molar-refractivity contribution < 1.29 is 9.90 Å². The zero-order valence-corrected chi connectivity index (χ0v) is 20.3. The summed E-state index contributed by atoms with van der Waals surface area (Å²) in [5, 5.41) is 19.5.